The molecule has 0 atom stereocenters. The predicted molar refractivity (Wildman–Crippen MR) is 74.9 cm³/mol. The molecule has 0 aromatic carbocycles. The number of nitrogens with two attached hydrogens (primary N) is 1. The molecule has 4 nitrogen and oxygen atoms in total. The maximum atomic E-state index is 5.60. The van der Waals surface area contributed by atoms with Crippen LogP contribution in [0.4, 0.5) is 0 Å². The fourth-order valence-corrected chi connectivity index (χ4v) is 1.74. The Morgan fingerprint density at radius 1 is 1.47 bits per heavy atom. The van der Waals surface area contributed by atoms with Crippen LogP contribution in [0.3, 0.4) is 0 Å². The summed E-state index contributed by atoms with van der Waals surface area (Å²) in [4.78, 5) is 2.75. The molecular formula is C12H22N4S. The quantitative estimate of drug-likeness (QED) is 0.788. The van der Waals surface area contributed by atoms with Crippen molar-refractivity contribution in [1.82, 2.24) is 14.7 Å². The number of hydrogen-bond acceptors (Lipinski definition) is 3. The highest BCUT2D eigenvalue weighted by Gasteiger charge is 2.13. The highest BCUT2D eigenvalue weighted by Crippen LogP contribution is 2.09. The fourth-order valence-electron chi connectivity index (χ4n) is 1.58. The molecule has 96 valence electrons. The first kappa shape index (κ1) is 14.1. The van der Waals surface area contributed by atoms with E-state index in [0.29, 0.717) is 23.6 Å². The van der Waals surface area contributed by atoms with E-state index in [1.165, 1.54) is 0 Å². The van der Waals surface area contributed by atoms with Gasteiger partial charge >= 0.3 is 0 Å². The van der Waals surface area contributed by atoms with Gasteiger partial charge in [0, 0.05) is 31.4 Å². The lowest BCUT2D eigenvalue weighted by Crippen LogP contribution is -2.37. The molecule has 0 aliphatic carbocycles. The molecule has 0 amide bonds. The number of thiocarbonyl (C=S) groups is 1. The zero-order valence-electron chi connectivity index (χ0n) is 11.1. The maximum Gasteiger partial charge on any atom is 0.0870 e. The molecule has 0 bridgehead atoms. The number of rotatable bonds is 6. The van der Waals surface area contributed by atoms with Gasteiger partial charge in [-0.3, -0.25) is 9.58 Å². The van der Waals surface area contributed by atoms with Gasteiger partial charge in [-0.15, -0.1) is 0 Å². The van der Waals surface area contributed by atoms with Crippen LogP contribution in [0.15, 0.2) is 12.3 Å². The van der Waals surface area contributed by atoms with E-state index >= 15 is 0 Å². The van der Waals surface area contributed by atoms with Crippen molar-refractivity contribution in [3.05, 3.63) is 18.0 Å². The van der Waals surface area contributed by atoms with E-state index in [-0.39, 0.29) is 0 Å². The molecule has 0 aliphatic rings. The summed E-state index contributed by atoms with van der Waals surface area (Å²) in [6.07, 6.45) is 2.01. The van der Waals surface area contributed by atoms with Gasteiger partial charge in [0.05, 0.1) is 10.7 Å². The molecular weight excluding hydrogens is 232 g/mol. The zero-order chi connectivity index (χ0) is 13.0. The first-order valence-corrected chi connectivity index (χ1v) is 6.37. The summed E-state index contributed by atoms with van der Waals surface area (Å²) in [6.45, 7) is 9.93. The molecule has 0 saturated carbocycles. The Kier molecular flexibility index (Phi) is 5.08. The van der Waals surface area contributed by atoms with Crippen LogP contribution >= 0.6 is 12.2 Å². The lowest BCUT2D eigenvalue weighted by molar-refractivity contribution is 0.241. The van der Waals surface area contributed by atoms with Crippen LogP contribution < -0.4 is 5.73 Å². The summed E-state index contributed by atoms with van der Waals surface area (Å²) < 4.78 is 1.97. The van der Waals surface area contributed by atoms with E-state index in [9.17, 15) is 0 Å². The third-order valence-electron chi connectivity index (χ3n) is 2.65. The second kappa shape index (κ2) is 6.12. The van der Waals surface area contributed by atoms with Gasteiger partial charge in [0.2, 0.25) is 0 Å². The van der Waals surface area contributed by atoms with E-state index in [1.54, 1.807) is 0 Å². The Labute approximate surface area is 109 Å². The van der Waals surface area contributed by atoms with Crippen molar-refractivity contribution in [3.8, 4) is 0 Å². The van der Waals surface area contributed by atoms with Crippen molar-refractivity contribution >= 4 is 17.2 Å². The first-order valence-electron chi connectivity index (χ1n) is 5.96. The molecule has 0 unspecified atom stereocenters. The van der Waals surface area contributed by atoms with Gasteiger partial charge in [-0.05, 0) is 33.8 Å². The minimum Gasteiger partial charge on any atom is -0.392 e. The Morgan fingerprint density at radius 2 is 2.12 bits per heavy atom. The smallest absolute Gasteiger partial charge is 0.0870 e. The van der Waals surface area contributed by atoms with Gasteiger partial charge in [-0.1, -0.05) is 12.2 Å². The molecule has 1 rings (SSSR count). The minimum absolute atomic E-state index is 0.395. The molecule has 17 heavy (non-hydrogen) atoms. The van der Waals surface area contributed by atoms with E-state index in [0.717, 1.165) is 12.2 Å². The van der Waals surface area contributed by atoms with Crippen LogP contribution in [0.25, 0.3) is 0 Å². The molecule has 1 aromatic heterocycles. The zero-order valence-corrected chi connectivity index (χ0v) is 11.9. The Hall–Kier alpha value is -0.940. The molecule has 0 saturated heterocycles. The number of nitrogens with zero attached hydrogens (tertiary/aromatic N) is 3. The van der Waals surface area contributed by atoms with Gasteiger partial charge in [0.25, 0.3) is 0 Å². The van der Waals surface area contributed by atoms with Gasteiger partial charge in [-0.25, -0.2) is 0 Å². The largest absolute Gasteiger partial charge is 0.392 e. The van der Waals surface area contributed by atoms with Crippen LogP contribution in [0.2, 0.25) is 0 Å². The molecule has 2 N–H and O–H groups in total. The lowest BCUT2D eigenvalue weighted by atomic mass is 10.3. The molecule has 1 heterocycles. The fraction of sp³-hybridized carbons (Fsp3) is 0.667. The predicted octanol–water partition coefficient (Wildman–Crippen LogP) is 1.96. The molecule has 0 aliphatic heterocycles. The minimum atomic E-state index is 0.395. The van der Waals surface area contributed by atoms with Gasteiger partial charge in [0.15, 0.2) is 0 Å². The van der Waals surface area contributed by atoms with Crippen molar-refractivity contribution in [3.63, 3.8) is 0 Å². The number of hydrogen-bond donors (Lipinski definition) is 1. The van der Waals surface area contributed by atoms with Gasteiger partial charge in [-0.2, -0.15) is 5.10 Å². The van der Waals surface area contributed by atoms with Crippen LogP contribution in [-0.2, 0) is 6.54 Å². The molecule has 0 spiro atoms. The van der Waals surface area contributed by atoms with E-state index in [2.05, 4.69) is 43.8 Å². The number of aromatic nitrogens is 2. The molecule has 0 radical (unpaired) electrons. The summed E-state index contributed by atoms with van der Waals surface area (Å²) in [7, 11) is 0. The standard InChI is InChI=1S/C12H22N4S/c1-9(2)15(8-12(13)17)7-11-5-6-16(14-11)10(3)4/h5-6,9-10H,7-8H2,1-4H3,(H2,13,17). The summed E-state index contributed by atoms with van der Waals surface area (Å²) in [5.74, 6) is 0. The van der Waals surface area contributed by atoms with Crippen molar-refractivity contribution in [2.24, 2.45) is 5.73 Å². The van der Waals surface area contributed by atoms with Crippen LogP contribution in [-0.4, -0.2) is 32.3 Å². The topological polar surface area (TPSA) is 47.1 Å². The van der Waals surface area contributed by atoms with Crippen molar-refractivity contribution in [2.45, 2.75) is 46.3 Å². The lowest BCUT2D eigenvalue weighted by Gasteiger charge is -2.24. The Morgan fingerprint density at radius 3 is 2.53 bits per heavy atom. The van der Waals surface area contributed by atoms with Crippen LogP contribution in [0.1, 0.15) is 39.4 Å². The second-order valence-electron chi connectivity index (χ2n) is 4.85. The highest BCUT2D eigenvalue weighted by atomic mass is 32.1. The summed E-state index contributed by atoms with van der Waals surface area (Å²) in [6, 6.07) is 2.85. The Bertz CT molecular complexity index is 370. The molecule has 5 heteroatoms. The van der Waals surface area contributed by atoms with Crippen LogP contribution in [0, 0.1) is 0 Å². The van der Waals surface area contributed by atoms with Crippen molar-refractivity contribution in [2.75, 3.05) is 6.54 Å². The summed E-state index contributed by atoms with van der Waals surface area (Å²) >= 11 is 4.96. The van der Waals surface area contributed by atoms with E-state index < -0.39 is 0 Å². The average molecular weight is 254 g/mol. The summed E-state index contributed by atoms with van der Waals surface area (Å²) in [5.41, 5.74) is 6.66. The summed E-state index contributed by atoms with van der Waals surface area (Å²) in [5, 5.41) is 4.53. The van der Waals surface area contributed by atoms with E-state index in [1.807, 2.05) is 10.9 Å². The molecule has 1 aromatic rings. The van der Waals surface area contributed by atoms with Gasteiger partial charge < -0.3 is 5.73 Å². The van der Waals surface area contributed by atoms with E-state index in [4.69, 9.17) is 18.0 Å². The highest BCUT2D eigenvalue weighted by molar-refractivity contribution is 7.80. The second-order valence-corrected chi connectivity index (χ2v) is 5.37. The third kappa shape index (κ3) is 4.44. The van der Waals surface area contributed by atoms with Gasteiger partial charge in [0.1, 0.15) is 0 Å². The third-order valence-corrected chi connectivity index (χ3v) is 2.78. The monoisotopic (exact) mass is 254 g/mol. The SMILES string of the molecule is CC(C)N(CC(N)=S)Cc1ccn(C(C)C)n1. The Balaban J connectivity index is 2.68. The molecule has 0 fully saturated rings. The van der Waals surface area contributed by atoms with Crippen molar-refractivity contribution < 1.29 is 0 Å². The normalized spacial score (nSPS) is 11.7. The first-order chi connectivity index (χ1) is 7.90. The van der Waals surface area contributed by atoms with Crippen LogP contribution in [0.5, 0.6) is 0 Å². The average Bonchev–Trinajstić information content (AvgIpc) is 2.64. The maximum absolute atomic E-state index is 5.60. The van der Waals surface area contributed by atoms with Crippen molar-refractivity contribution in [1.29, 1.82) is 0 Å².